The second-order valence-corrected chi connectivity index (χ2v) is 6.70. The summed E-state index contributed by atoms with van der Waals surface area (Å²) in [7, 11) is 0. The first-order valence-corrected chi connectivity index (χ1v) is 9.01. The van der Waals surface area contributed by atoms with E-state index in [0.717, 1.165) is 0 Å². The number of carbonyl (C=O) groups is 1. The standard InChI is InChI=1S/C22H17N3O4/c1-14-17(9-6-12-18(14)25(28)29)23-21(26)13-24-19-10-4-2-7-15(19)22(27)16-8-3-5-11-20(16)24/h2-12H,13H2,1H3,(H,23,26). The lowest BCUT2D eigenvalue weighted by Gasteiger charge is -2.15. The number of hydrogen-bond acceptors (Lipinski definition) is 4. The lowest BCUT2D eigenvalue weighted by Crippen LogP contribution is -2.22. The van der Waals surface area contributed by atoms with E-state index in [1.165, 1.54) is 12.1 Å². The number of aromatic nitrogens is 1. The second kappa shape index (κ2) is 7.20. The van der Waals surface area contributed by atoms with Crippen molar-refractivity contribution in [1.82, 2.24) is 4.57 Å². The van der Waals surface area contributed by atoms with Crippen molar-refractivity contribution in [3.8, 4) is 0 Å². The van der Waals surface area contributed by atoms with Crippen LogP contribution >= 0.6 is 0 Å². The van der Waals surface area contributed by atoms with E-state index in [0.29, 0.717) is 33.1 Å². The molecule has 4 aromatic rings. The molecule has 29 heavy (non-hydrogen) atoms. The van der Waals surface area contributed by atoms with Crippen LogP contribution in [0.2, 0.25) is 0 Å². The fraction of sp³-hybridized carbons (Fsp3) is 0.0909. The third-order valence-corrected chi connectivity index (χ3v) is 4.96. The molecular weight excluding hydrogens is 370 g/mol. The molecule has 4 rings (SSSR count). The van der Waals surface area contributed by atoms with Crippen molar-refractivity contribution in [1.29, 1.82) is 0 Å². The highest BCUT2D eigenvalue weighted by molar-refractivity contribution is 5.97. The fourth-order valence-corrected chi connectivity index (χ4v) is 3.54. The first kappa shape index (κ1) is 18.4. The van der Waals surface area contributed by atoms with Crippen LogP contribution in [0.4, 0.5) is 11.4 Å². The highest BCUT2D eigenvalue weighted by Gasteiger charge is 2.16. The van der Waals surface area contributed by atoms with Crippen molar-refractivity contribution in [2.75, 3.05) is 5.32 Å². The molecule has 144 valence electrons. The third-order valence-electron chi connectivity index (χ3n) is 4.96. The molecule has 0 aliphatic heterocycles. The number of benzene rings is 3. The first-order valence-electron chi connectivity index (χ1n) is 9.01. The Kier molecular flexibility index (Phi) is 4.56. The molecule has 0 bridgehead atoms. The van der Waals surface area contributed by atoms with Crippen molar-refractivity contribution < 1.29 is 9.72 Å². The molecule has 0 atom stereocenters. The van der Waals surface area contributed by atoms with E-state index in [2.05, 4.69) is 5.32 Å². The molecule has 1 N–H and O–H groups in total. The number of amides is 1. The van der Waals surface area contributed by atoms with E-state index < -0.39 is 4.92 Å². The molecule has 1 amide bonds. The average Bonchev–Trinajstić information content (AvgIpc) is 2.72. The number of hydrogen-bond donors (Lipinski definition) is 1. The van der Waals surface area contributed by atoms with Crippen molar-refractivity contribution in [3.05, 3.63) is 92.6 Å². The highest BCUT2D eigenvalue weighted by Crippen LogP contribution is 2.25. The zero-order valence-electron chi connectivity index (χ0n) is 15.6. The van der Waals surface area contributed by atoms with Gasteiger partial charge in [0.25, 0.3) is 5.69 Å². The maximum atomic E-state index is 12.8. The quantitative estimate of drug-likeness (QED) is 0.325. The number of nitro groups is 1. The van der Waals surface area contributed by atoms with Crippen LogP contribution < -0.4 is 10.7 Å². The Morgan fingerprint density at radius 3 is 2.14 bits per heavy atom. The largest absolute Gasteiger partial charge is 0.331 e. The molecule has 0 saturated carbocycles. The molecule has 0 aliphatic carbocycles. The molecule has 0 saturated heterocycles. The van der Waals surface area contributed by atoms with Crippen LogP contribution in [0.15, 0.2) is 71.5 Å². The van der Waals surface area contributed by atoms with Gasteiger partial charge < -0.3 is 9.88 Å². The minimum atomic E-state index is -0.478. The van der Waals surface area contributed by atoms with Gasteiger partial charge in [0.15, 0.2) is 5.43 Å². The van der Waals surface area contributed by atoms with E-state index in [1.807, 2.05) is 12.1 Å². The normalized spacial score (nSPS) is 10.9. The summed E-state index contributed by atoms with van der Waals surface area (Å²) < 4.78 is 1.79. The Hall–Kier alpha value is -4.00. The molecule has 3 aromatic carbocycles. The van der Waals surface area contributed by atoms with Gasteiger partial charge in [-0.05, 0) is 37.3 Å². The van der Waals surface area contributed by atoms with Gasteiger partial charge in [-0.2, -0.15) is 0 Å². The number of para-hydroxylation sites is 2. The van der Waals surface area contributed by atoms with Gasteiger partial charge in [-0.3, -0.25) is 19.7 Å². The topological polar surface area (TPSA) is 94.2 Å². The predicted octanol–water partition coefficient (Wildman–Crippen LogP) is 4.01. The number of rotatable bonds is 4. The maximum absolute atomic E-state index is 12.8. The summed E-state index contributed by atoms with van der Waals surface area (Å²) in [4.78, 5) is 36.2. The average molecular weight is 387 g/mol. The number of fused-ring (bicyclic) bond motifs is 2. The molecule has 1 aromatic heterocycles. The second-order valence-electron chi connectivity index (χ2n) is 6.70. The molecule has 0 radical (unpaired) electrons. The van der Waals surface area contributed by atoms with Crippen LogP contribution in [-0.4, -0.2) is 15.4 Å². The van der Waals surface area contributed by atoms with Gasteiger partial charge in [0.1, 0.15) is 6.54 Å². The number of nitrogens with zero attached hydrogens (tertiary/aromatic N) is 2. The smallest absolute Gasteiger partial charge is 0.274 e. The summed E-state index contributed by atoms with van der Waals surface area (Å²) in [6.07, 6.45) is 0. The number of nitrogens with one attached hydrogen (secondary N) is 1. The van der Waals surface area contributed by atoms with E-state index in [1.54, 1.807) is 54.0 Å². The number of carbonyl (C=O) groups excluding carboxylic acids is 1. The number of nitro benzene ring substituents is 1. The molecule has 1 heterocycles. The van der Waals surface area contributed by atoms with Crippen molar-refractivity contribution in [3.63, 3.8) is 0 Å². The Morgan fingerprint density at radius 2 is 1.55 bits per heavy atom. The van der Waals surface area contributed by atoms with Crippen LogP contribution in [0.5, 0.6) is 0 Å². The Labute approximate surface area is 165 Å². The fourth-order valence-electron chi connectivity index (χ4n) is 3.54. The molecule has 7 heteroatoms. The van der Waals surface area contributed by atoms with Gasteiger partial charge in [-0.25, -0.2) is 0 Å². The zero-order chi connectivity index (χ0) is 20.5. The molecule has 0 aliphatic rings. The van der Waals surface area contributed by atoms with Crippen molar-refractivity contribution in [2.45, 2.75) is 13.5 Å². The summed E-state index contributed by atoms with van der Waals surface area (Å²) in [5.41, 5.74) is 1.95. The zero-order valence-corrected chi connectivity index (χ0v) is 15.6. The van der Waals surface area contributed by atoms with Crippen LogP contribution in [0, 0.1) is 17.0 Å². The number of anilines is 1. The van der Waals surface area contributed by atoms with E-state index in [4.69, 9.17) is 0 Å². The highest BCUT2D eigenvalue weighted by atomic mass is 16.6. The summed E-state index contributed by atoms with van der Waals surface area (Å²) >= 11 is 0. The molecule has 0 spiro atoms. The molecule has 7 nitrogen and oxygen atoms in total. The molecule has 0 unspecified atom stereocenters. The lowest BCUT2D eigenvalue weighted by molar-refractivity contribution is -0.385. The summed E-state index contributed by atoms with van der Waals surface area (Å²) in [6, 6.07) is 18.8. The maximum Gasteiger partial charge on any atom is 0.274 e. The Morgan fingerprint density at radius 1 is 0.966 bits per heavy atom. The SMILES string of the molecule is Cc1c(NC(=O)Cn2c3ccccc3c(=O)c3ccccc32)cccc1[N+](=O)[O-]. The van der Waals surface area contributed by atoms with Gasteiger partial charge in [0.05, 0.1) is 27.2 Å². The third kappa shape index (κ3) is 3.23. The van der Waals surface area contributed by atoms with Gasteiger partial charge >= 0.3 is 0 Å². The van der Waals surface area contributed by atoms with Gasteiger partial charge in [0.2, 0.25) is 5.91 Å². The minimum absolute atomic E-state index is 0.0383. The van der Waals surface area contributed by atoms with Crippen molar-refractivity contribution >= 4 is 39.1 Å². The van der Waals surface area contributed by atoms with Crippen LogP contribution in [0.3, 0.4) is 0 Å². The van der Waals surface area contributed by atoms with E-state index >= 15 is 0 Å². The molecular formula is C22H17N3O4. The van der Waals surface area contributed by atoms with Crippen LogP contribution in [0.25, 0.3) is 21.8 Å². The Bertz CT molecular complexity index is 1280. The van der Waals surface area contributed by atoms with Crippen molar-refractivity contribution in [2.24, 2.45) is 0 Å². The summed E-state index contributed by atoms with van der Waals surface area (Å²) in [5, 5.41) is 15.0. The minimum Gasteiger partial charge on any atom is -0.331 e. The summed E-state index contributed by atoms with van der Waals surface area (Å²) in [6.45, 7) is 1.56. The number of pyridine rings is 1. The van der Waals surface area contributed by atoms with Gasteiger partial charge in [0, 0.05) is 16.8 Å². The van der Waals surface area contributed by atoms with Crippen LogP contribution in [0.1, 0.15) is 5.56 Å². The molecule has 0 fully saturated rings. The van der Waals surface area contributed by atoms with Gasteiger partial charge in [-0.1, -0.05) is 30.3 Å². The summed E-state index contributed by atoms with van der Waals surface area (Å²) in [5.74, 6) is -0.340. The first-order chi connectivity index (χ1) is 14.0. The van der Waals surface area contributed by atoms with E-state index in [9.17, 15) is 19.7 Å². The van der Waals surface area contributed by atoms with E-state index in [-0.39, 0.29) is 23.6 Å². The van der Waals surface area contributed by atoms with Crippen LogP contribution in [-0.2, 0) is 11.3 Å². The predicted molar refractivity (Wildman–Crippen MR) is 112 cm³/mol. The lowest BCUT2D eigenvalue weighted by atomic mass is 10.1. The van der Waals surface area contributed by atoms with Gasteiger partial charge in [-0.15, -0.1) is 0 Å². The monoisotopic (exact) mass is 387 g/mol. The Balaban J connectivity index is 1.77.